The van der Waals surface area contributed by atoms with Crippen molar-refractivity contribution in [2.45, 2.75) is 0 Å². The molecule has 0 saturated carbocycles. The van der Waals surface area contributed by atoms with Crippen molar-refractivity contribution in [2.24, 2.45) is 0 Å². The summed E-state index contributed by atoms with van der Waals surface area (Å²) in [6.45, 7) is 0. The molecule has 0 N–H and O–H groups in total. The topological polar surface area (TPSA) is 9.23 Å². The summed E-state index contributed by atoms with van der Waals surface area (Å²) >= 11 is 1.89. The Labute approximate surface area is 44.4 Å². The lowest BCUT2D eigenvalue weighted by atomic mass is 10.5. The van der Waals surface area contributed by atoms with Gasteiger partial charge in [0.2, 0.25) is 0 Å². The molecule has 0 atom stereocenters. The van der Waals surface area contributed by atoms with Crippen LogP contribution in [0.3, 0.4) is 0 Å². The van der Waals surface area contributed by atoms with E-state index in [1.54, 1.807) is 0 Å². The fourth-order valence-electron chi connectivity index (χ4n) is 0.0238. The molecule has 0 aromatic carbocycles. The molecule has 0 bridgehead atoms. The van der Waals surface area contributed by atoms with E-state index in [0.717, 1.165) is 0 Å². The van der Waals surface area contributed by atoms with Gasteiger partial charge in [-0.1, -0.05) is 22.6 Å². The zero-order valence-corrected chi connectivity index (χ0v) is 4.61. The molecule has 0 heterocycles. The average molecular weight is 187 g/mol. The van der Waals surface area contributed by atoms with Gasteiger partial charge in [-0.25, -0.2) is 0 Å². The predicted molar refractivity (Wildman–Crippen MR) is 26.8 cm³/mol. The van der Waals surface area contributed by atoms with Gasteiger partial charge in [0.1, 0.15) is 0 Å². The van der Waals surface area contributed by atoms with Crippen molar-refractivity contribution in [3.8, 4) is 0 Å². The Bertz CT molecular complexity index is 19.1. The van der Waals surface area contributed by atoms with E-state index in [0.29, 0.717) is 4.61 Å². The highest BCUT2D eigenvalue weighted by Crippen LogP contribution is 1.78. The number of halogens is 2. The standard InChI is InChI=1S/CH2BFIO/c3-2-5-1-4/h1H2. The minimum absolute atomic E-state index is 0.173. The summed E-state index contributed by atoms with van der Waals surface area (Å²) in [5, 5.41) is 0. The van der Waals surface area contributed by atoms with Crippen LogP contribution in [0.2, 0.25) is 0 Å². The molecular formula is CH2BFIO. The van der Waals surface area contributed by atoms with Crippen molar-refractivity contribution in [1.82, 2.24) is 0 Å². The van der Waals surface area contributed by atoms with E-state index in [1.165, 1.54) is 0 Å². The highest BCUT2D eigenvalue weighted by atomic mass is 127. The monoisotopic (exact) mass is 187 g/mol. The molecule has 0 unspecified atom stereocenters. The second-order valence-electron chi connectivity index (χ2n) is 0.365. The maximum absolute atomic E-state index is 10.6. The predicted octanol–water partition coefficient (Wildman–Crippen LogP) is 0.899. The maximum atomic E-state index is 10.6. The quantitative estimate of drug-likeness (QED) is 0.354. The summed E-state index contributed by atoms with van der Waals surface area (Å²) in [5.41, 5.74) is 0. The first-order chi connectivity index (χ1) is 2.41. The average Bonchev–Trinajstić information content (AvgIpc) is 1.41. The Balaban J connectivity index is 2.19. The number of rotatable bonds is 2. The smallest absolute Gasteiger partial charge is 0.400 e. The van der Waals surface area contributed by atoms with E-state index in [2.05, 4.69) is 4.65 Å². The normalized spacial score (nSPS) is 7.60. The first-order valence-corrected chi connectivity index (χ1v) is 2.54. The van der Waals surface area contributed by atoms with Gasteiger partial charge >= 0.3 is 7.76 Å². The lowest BCUT2D eigenvalue weighted by Gasteiger charge is -1.78. The van der Waals surface area contributed by atoms with Gasteiger partial charge in [0.15, 0.2) is 0 Å². The van der Waals surface area contributed by atoms with E-state index in [-0.39, 0.29) is 7.76 Å². The molecule has 0 fully saturated rings. The minimum atomic E-state index is 0.173. The van der Waals surface area contributed by atoms with Gasteiger partial charge in [-0.05, 0) is 0 Å². The molecule has 0 aliphatic rings. The van der Waals surface area contributed by atoms with Crippen LogP contribution in [0.4, 0.5) is 4.32 Å². The van der Waals surface area contributed by atoms with Gasteiger partial charge in [0.25, 0.3) is 0 Å². The SMILES string of the molecule is F[B]OCI. The molecule has 0 spiro atoms. The van der Waals surface area contributed by atoms with Crippen LogP contribution in [-0.4, -0.2) is 12.4 Å². The third kappa shape index (κ3) is 4.68. The summed E-state index contributed by atoms with van der Waals surface area (Å²) < 4.78 is 15.1. The largest absolute Gasteiger partial charge is 0.536 e. The summed E-state index contributed by atoms with van der Waals surface area (Å²) in [7, 11) is 0.173. The molecule has 0 rings (SSSR count). The van der Waals surface area contributed by atoms with Crippen LogP contribution in [0.25, 0.3) is 0 Å². The van der Waals surface area contributed by atoms with Crippen molar-refractivity contribution in [2.75, 3.05) is 4.61 Å². The van der Waals surface area contributed by atoms with Crippen molar-refractivity contribution >= 4 is 30.4 Å². The molecule has 0 aromatic heterocycles. The fourth-order valence-corrected chi connectivity index (χ4v) is 0.160. The molecule has 1 radical (unpaired) electrons. The van der Waals surface area contributed by atoms with Crippen molar-refractivity contribution in [3.63, 3.8) is 0 Å². The molecule has 5 heavy (non-hydrogen) atoms. The van der Waals surface area contributed by atoms with Crippen LogP contribution < -0.4 is 0 Å². The lowest BCUT2D eigenvalue weighted by Crippen LogP contribution is -1.84. The molecule has 0 aliphatic heterocycles. The highest BCUT2D eigenvalue weighted by Gasteiger charge is 1.78. The highest BCUT2D eigenvalue weighted by molar-refractivity contribution is 14.1. The third-order valence-electron chi connectivity index (χ3n) is 0.126. The first-order valence-electron chi connectivity index (χ1n) is 1.01. The van der Waals surface area contributed by atoms with Gasteiger partial charge in [-0.3, -0.25) is 4.32 Å². The van der Waals surface area contributed by atoms with E-state index in [4.69, 9.17) is 0 Å². The maximum Gasteiger partial charge on any atom is 0.536 e. The Kier molecular flexibility index (Phi) is 5.33. The van der Waals surface area contributed by atoms with Crippen LogP contribution in [-0.2, 0) is 4.65 Å². The van der Waals surface area contributed by atoms with Crippen LogP contribution in [0.15, 0.2) is 0 Å². The molecule has 0 saturated heterocycles. The number of hydrogen-bond acceptors (Lipinski definition) is 1. The third-order valence-corrected chi connectivity index (χ3v) is 0.486. The van der Waals surface area contributed by atoms with Gasteiger partial charge in [0, 0.05) is 0 Å². The van der Waals surface area contributed by atoms with Crippen molar-refractivity contribution in [1.29, 1.82) is 0 Å². The molecule has 1 nitrogen and oxygen atoms in total. The number of alkyl halides is 1. The summed E-state index contributed by atoms with van der Waals surface area (Å²) in [5.74, 6) is 0. The van der Waals surface area contributed by atoms with Gasteiger partial charge in [-0.2, -0.15) is 0 Å². The molecule has 0 aromatic rings. The molecule has 0 aliphatic carbocycles. The van der Waals surface area contributed by atoms with Crippen LogP contribution in [0.1, 0.15) is 0 Å². The Morgan fingerprint density at radius 3 is 2.60 bits per heavy atom. The Hall–Kier alpha value is 0.685. The summed E-state index contributed by atoms with van der Waals surface area (Å²) in [6.07, 6.45) is 0. The first kappa shape index (κ1) is 5.68. The molecule has 29 valence electrons. The Morgan fingerprint density at radius 1 is 2.00 bits per heavy atom. The van der Waals surface area contributed by atoms with E-state index in [1.807, 2.05) is 22.6 Å². The zero-order chi connectivity index (χ0) is 4.12. The van der Waals surface area contributed by atoms with Crippen LogP contribution in [0, 0.1) is 0 Å². The zero-order valence-electron chi connectivity index (χ0n) is 2.45. The molecule has 0 amide bonds. The van der Waals surface area contributed by atoms with Crippen molar-refractivity contribution < 1.29 is 8.97 Å². The van der Waals surface area contributed by atoms with E-state index >= 15 is 0 Å². The van der Waals surface area contributed by atoms with Crippen molar-refractivity contribution in [3.05, 3.63) is 0 Å². The number of hydrogen-bond donors (Lipinski definition) is 0. The van der Waals surface area contributed by atoms with Gasteiger partial charge in [-0.15, -0.1) is 0 Å². The minimum Gasteiger partial charge on any atom is -0.400 e. The van der Waals surface area contributed by atoms with E-state index < -0.39 is 0 Å². The summed E-state index contributed by atoms with van der Waals surface area (Å²) in [6, 6.07) is 0. The van der Waals surface area contributed by atoms with Crippen LogP contribution >= 0.6 is 22.6 Å². The Morgan fingerprint density at radius 2 is 2.60 bits per heavy atom. The summed E-state index contributed by atoms with van der Waals surface area (Å²) in [4.78, 5) is 0. The van der Waals surface area contributed by atoms with Gasteiger partial charge < -0.3 is 4.65 Å². The van der Waals surface area contributed by atoms with Gasteiger partial charge in [0.05, 0.1) is 4.61 Å². The second-order valence-corrected chi connectivity index (χ2v) is 0.988. The fraction of sp³-hybridized carbons (Fsp3) is 1.00. The van der Waals surface area contributed by atoms with Crippen LogP contribution in [0.5, 0.6) is 0 Å². The second kappa shape index (κ2) is 4.68. The molecular weight excluding hydrogens is 185 g/mol. The molecule has 4 heteroatoms. The lowest BCUT2D eigenvalue weighted by molar-refractivity contribution is 0.395. The van der Waals surface area contributed by atoms with E-state index in [9.17, 15) is 4.32 Å².